The highest BCUT2D eigenvalue weighted by Gasteiger charge is 2.27. The first kappa shape index (κ1) is 23.2. The number of anilines is 1. The lowest BCUT2D eigenvalue weighted by molar-refractivity contribution is -0.111. The van der Waals surface area contributed by atoms with Crippen LogP contribution in [0.4, 0.5) is 9.80 Å². The molecule has 0 spiro atoms. The number of carbonyl (C=O) groups is 2. The fourth-order valence-corrected chi connectivity index (χ4v) is 5.03. The third kappa shape index (κ3) is 5.88. The minimum absolute atomic E-state index is 0.145. The summed E-state index contributed by atoms with van der Waals surface area (Å²) in [5.74, 6) is 0.514. The largest absolute Gasteiger partial charge is 0.449 e. The number of fused-ring (bicyclic) bond motifs is 1. The number of ether oxygens (including phenoxy) is 1. The molecule has 34 heavy (non-hydrogen) atoms. The van der Waals surface area contributed by atoms with Crippen LogP contribution in [0.5, 0.6) is 0 Å². The van der Waals surface area contributed by atoms with Crippen molar-refractivity contribution in [3.63, 3.8) is 0 Å². The zero-order chi connectivity index (χ0) is 23.9. The van der Waals surface area contributed by atoms with Crippen molar-refractivity contribution in [1.82, 2.24) is 15.5 Å². The summed E-state index contributed by atoms with van der Waals surface area (Å²) >= 11 is 1.41. The number of amides is 2. The molecule has 174 valence electrons. The molecule has 1 atom stereocenters. The van der Waals surface area contributed by atoms with Gasteiger partial charge in [0.1, 0.15) is 22.5 Å². The van der Waals surface area contributed by atoms with E-state index in [4.69, 9.17) is 9.26 Å². The second kappa shape index (κ2) is 10.8. The monoisotopic (exact) mass is 477 g/mol. The van der Waals surface area contributed by atoms with Crippen LogP contribution in [0.25, 0.3) is 6.08 Å². The van der Waals surface area contributed by atoms with Crippen molar-refractivity contribution in [3.8, 4) is 6.07 Å². The molecule has 0 saturated heterocycles. The van der Waals surface area contributed by atoms with Gasteiger partial charge in [-0.2, -0.15) is 5.26 Å². The zero-order valence-corrected chi connectivity index (χ0v) is 19.4. The second-order valence-corrected chi connectivity index (χ2v) is 9.02. The number of hydrogen-bond acceptors (Lipinski definition) is 8. The molecule has 0 aliphatic heterocycles. The Morgan fingerprint density at radius 3 is 3.06 bits per heavy atom. The Bertz CT molecular complexity index is 1240. The molecule has 10 heteroatoms. The van der Waals surface area contributed by atoms with Gasteiger partial charge in [0.2, 0.25) is 5.91 Å². The van der Waals surface area contributed by atoms with Gasteiger partial charge in [-0.05, 0) is 55.4 Å². The van der Waals surface area contributed by atoms with E-state index in [0.717, 1.165) is 22.4 Å². The van der Waals surface area contributed by atoms with Crippen molar-refractivity contribution in [3.05, 3.63) is 69.7 Å². The van der Waals surface area contributed by atoms with Crippen molar-refractivity contribution >= 4 is 34.4 Å². The fraction of sp³-hybridized carbons (Fsp3) is 0.292. The van der Waals surface area contributed by atoms with Crippen molar-refractivity contribution in [2.75, 3.05) is 11.9 Å². The summed E-state index contributed by atoms with van der Waals surface area (Å²) in [7, 11) is 0. The molecule has 0 radical (unpaired) electrons. The highest BCUT2D eigenvalue weighted by atomic mass is 32.1. The summed E-state index contributed by atoms with van der Waals surface area (Å²) < 4.78 is 10.3. The molecule has 2 amide bonds. The van der Waals surface area contributed by atoms with Crippen molar-refractivity contribution < 1.29 is 18.8 Å². The molecule has 0 aromatic carbocycles. The first-order valence-electron chi connectivity index (χ1n) is 10.8. The number of aryl methyl sites for hydroxylation is 1. The van der Waals surface area contributed by atoms with Crippen molar-refractivity contribution in [2.24, 2.45) is 5.92 Å². The van der Waals surface area contributed by atoms with Gasteiger partial charge in [0.15, 0.2) is 0 Å². The van der Waals surface area contributed by atoms with E-state index >= 15 is 0 Å². The first-order valence-corrected chi connectivity index (χ1v) is 11.6. The molecule has 3 heterocycles. The second-order valence-electron chi connectivity index (χ2n) is 7.92. The minimum Gasteiger partial charge on any atom is -0.449 e. The summed E-state index contributed by atoms with van der Waals surface area (Å²) in [5, 5.41) is 19.5. The van der Waals surface area contributed by atoms with Gasteiger partial charge in [-0.1, -0.05) is 11.2 Å². The molecule has 9 nitrogen and oxygen atoms in total. The average molecular weight is 478 g/mol. The molecule has 2 N–H and O–H groups in total. The van der Waals surface area contributed by atoms with Gasteiger partial charge in [-0.3, -0.25) is 9.78 Å². The maximum absolute atomic E-state index is 12.4. The number of hydrogen-bond donors (Lipinski definition) is 2. The highest BCUT2D eigenvalue weighted by Crippen LogP contribution is 2.39. The molecule has 0 saturated carbocycles. The topological polar surface area (TPSA) is 130 Å². The van der Waals surface area contributed by atoms with Gasteiger partial charge in [0.25, 0.3) is 0 Å². The van der Waals surface area contributed by atoms with Gasteiger partial charge in [0.05, 0.1) is 18.7 Å². The lowest BCUT2D eigenvalue weighted by Gasteiger charge is -2.21. The first-order chi connectivity index (χ1) is 16.5. The van der Waals surface area contributed by atoms with E-state index in [0.29, 0.717) is 34.9 Å². The molecule has 3 aromatic rings. The zero-order valence-electron chi connectivity index (χ0n) is 18.5. The third-order valence-electron chi connectivity index (χ3n) is 5.37. The minimum atomic E-state index is -0.510. The number of rotatable bonds is 7. The Balaban J connectivity index is 1.31. The molecule has 1 aliphatic rings. The Hall–Kier alpha value is -3.97. The van der Waals surface area contributed by atoms with E-state index in [2.05, 4.69) is 26.8 Å². The third-order valence-corrected chi connectivity index (χ3v) is 6.54. The standard InChI is InChI=1S/C24H23N5O4S/c1-15-9-18(29-33-15)13-27-24(31)32-14-17-4-6-19-20(11-25)23(34-21(19)10-17)28-22(30)7-5-16-3-2-8-26-12-16/h2-3,5,7-9,12,17H,4,6,10,13-14H2,1H3,(H,27,31)(H,28,30)/t17-/m1/s1. The van der Waals surface area contributed by atoms with Crippen LogP contribution in [0.2, 0.25) is 0 Å². The Morgan fingerprint density at radius 2 is 2.32 bits per heavy atom. The number of pyridine rings is 1. The lowest BCUT2D eigenvalue weighted by Crippen LogP contribution is -2.27. The Morgan fingerprint density at radius 1 is 1.44 bits per heavy atom. The summed E-state index contributed by atoms with van der Waals surface area (Å²) in [6.45, 7) is 2.29. The number of carbonyl (C=O) groups excluding carboxylic acids is 2. The molecular weight excluding hydrogens is 454 g/mol. The van der Waals surface area contributed by atoms with Crippen molar-refractivity contribution in [2.45, 2.75) is 32.7 Å². The van der Waals surface area contributed by atoms with E-state index in [1.807, 2.05) is 6.07 Å². The average Bonchev–Trinajstić information content (AvgIpc) is 3.42. The number of alkyl carbamates (subject to hydrolysis) is 1. The van der Waals surface area contributed by atoms with E-state index in [1.165, 1.54) is 17.4 Å². The SMILES string of the molecule is Cc1cc(CNC(=O)OC[C@@H]2CCc3c(sc(NC(=O)C=Cc4cccnc4)c3C#N)C2)no1. The summed E-state index contributed by atoms with van der Waals surface area (Å²) in [4.78, 5) is 29.4. The number of nitriles is 1. The summed E-state index contributed by atoms with van der Waals surface area (Å²) in [5.41, 5.74) is 2.93. The van der Waals surface area contributed by atoms with Crippen LogP contribution in [0.15, 0.2) is 41.2 Å². The van der Waals surface area contributed by atoms with Gasteiger partial charge in [-0.25, -0.2) is 4.79 Å². The van der Waals surface area contributed by atoms with Crippen LogP contribution < -0.4 is 10.6 Å². The van der Waals surface area contributed by atoms with Crippen LogP contribution in [0.1, 0.15) is 39.4 Å². The molecule has 0 fully saturated rings. The van der Waals surface area contributed by atoms with Gasteiger partial charge < -0.3 is 19.9 Å². The van der Waals surface area contributed by atoms with E-state index in [-0.39, 0.29) is 25.0 Å². The quantitative estimate of drug-likeness (QED) is 0.492. The molecule has 4 rings (SSSR count). The molecule has 0 bridgehead atoms. The van der Waals surface area contributed by atoms with Crippen LogP contribution >= 0.6 is 11.3 Å². The van der Waals surface area contributed by atoms with Crippen molar-refractivity contribution in [1.29, 1.82) is 5.26 Å². The molecule has 1 aliphatic carbocycles. The smallest absolute Gasteiger partial charge is 0.407 e. The number of nitrogens with one attached hydrogen (secondary N) is 2. The summed E-state index contributed by atoms with van der Waals surface area (Å²) in [6, 6.07) is 7.62. The predicted octanol–water partition coefficient (Wildman–Crippen LogP) is 3.99. The molecule has 3 aromatic heterocycles. The highest BCUT2D eigenvalue weighted by molar-refractivity contribution is 7.16. The van der Waals surface area contributed by atoms with E-state index in [1.54, 1.807) is 37.5 Å². The van der Waals surface area contributed by atoms with E-state index in [9.17, 15) is 14.9 Å². The molecular formula is C24H23N5O4S. The number of nitrogens with zero attached hydrogens (tertiary/aromatic N) is 3. The van der Waals surface area contributed by atoms with Crippen LogP contribution in [0.3, 0.4) is 0 Å². The lowest BCUT2D eigenvalue weighted by atomic mass is 9.88. The number of thiophene rings is 1. The van der Waals surface area contributed by atoms with Crippen LogP contribution in [0, 0.1) is 24.2 Å². The van der Waals surface area contributed by atoms with Crippen LogP contribution in [-0.2, 0) is 28.9 Å². The summed E-state index contributed by atoms with van der Waals surface area (Å²) in [6.07, 6.45) is 8.08. The Kier molecular flexibility index (Phi) is 7.34. The fourth-order valence-electron chi connectivity index (χ4n) is 3.71. The number of aromatic nitrogens is 2. The van der Waals surface area contributed by atoms with Crippen LogP contribution in [-0.4, -0.2) is 28.7 Å². The Labute approximate surface area is 200 Å². The molecule has 0 unspecified atom stereocenters. The maximum Gasteiger partial charge on any atom is 0.407 e. The maximum atomic E-state index is 12.4. The van der Waals surface area contributed by atoms with Gasteiger partial charge >= 0.3 is 6.09 Å². The van der Waals surface area contributed by atoms with E-state index < -0.39 is 6.09 Å². The van der Waals surface area contributed by atoms with Gasteiger partial charge in [0, 0.05) is 29.4 Å². The van der Waals surface area contributed by atoms with Gasteiger partial charge in [-0.15, -0.1) is 11.3 Å². The predicted molar refractivity (Wildman–Crippen MR) is 126 cm³/mol. The normalized spacial score (nSPS) is 14.9.